The molecular formula is C15H21N5O3S3. The Morgan fingerprint density at radius 2 is 1.96 bits per heavy atom. The van der Waals surface area contributed by atoms with E-state index < -0.39 is 16.1 Å². The van der Waals surface area contributed by atoms with E-state index in [1.165, 1.54) is 37.2 Å². The van der Waals surface area contributed by atoms with Crippen LogP contribution in [0.15, 0.2) is 22.5 Å². The summed E-state index contributed by atoms with van der Waals surface area (Å²) in [4.78, 5) is 12.5. The van der Waals surface area contributed by atoms with Gasteiger partial charge < -0.3 is 0 Å². The summed E-state index contributed by atoms with van der Waals surface area (Å²) >= 11 is 2.65. The molecule has 2 aromatic rings. The van der Waals surface area contributed by atoms with E-state index in [2.05, 4.69) is 15.5 Å². The van der Waals surface area contributed by atoms with Gasteiger partial charge in [-0.3, -0.25) is 10.1 Å². The molecule has 0 aliphatic carbocycles. The summed E-state index contributed by atoms with van der Waals surface area (Å²) in [7, 11) is -0.986. The van der Waals surface area contributed by atoms with E-state index >= 15 is 0 Å². The predicted octanol–water partition coefficient (Wildman–Crippen LogP) is 2.13. The van der Waals surface area contributed by atoms with Crippen LogP contribution in [0.3, 0.4) is 0 Å². The first-order chi connectivity index (χ1) is 12.1. The molecule has 2 rings (SSSR count). The third-order valence-corrected chi connectivity index (χ3v) is 7.11. The van der Waals surface area contributed by atoms with E-state index in [-0.39, 0.29) is 6.54 Å². The quantitative estimate of drug-likeness (QED) is 0.550. The molecule has 11 heteroatoms. The number of anilines is 2. The van der Waals surface area contributed by atoms with Gasteiger partial charge in [0, 0.05) is 14.1 Å². The Morgan fingerprint density at radius 1 is 1.27 bits per heavy atom. The Hall–Kier alpha value is -1.69. The number of aryl methyl sites for hydroxylation is 2. The maximum Gasteiger partial charge on any atom is 0.304 e. The minimum absolute atomic E-state index is 0.336. The summed E-state index contributed by atoms with van der Waals surface area (Å²) in [6.07, 6.45) is 1.86. The highest BCUT2D eigenvalue weighted by atomic mass is 32.2. The van der Waals surface area contributed by atoms with Crippen LogP contribution in [0, 0.1) is 13.8 Å². The molecule has 0 radical (unpaired) electrons. The van der Waals surface area contributed by atoms with Gasteiger partial charge in [0.2, 0.25) is 11.0 Å². The van der Waals surface area contributed by atoms with Crippen LogP contribution in [0.5, 0.6) is 0 Å². The summed E-state index contributed by atoms with van der Waals surface area (Å²) in [6, 6.07) is 5.47. The number of carbonyl (C=O) groups excluding carboxylic acids is 1. The molecule has 1 aromatic carbocycles. The van der Waals surface area contributed by atoms with Gasteiger partial charge in [-0.05, 0) is 37.3 Å². The number of benzene rings is 1. The highest BCUT2D eigenvalue weighted by Gasteiger charge is 2.28. The Bertz CT molecular complexity index is 896. The molecule has 0 bridgehead atoms. The molecule has 8 nitrogen and oxygen atoms in total. The number of nitrogens with zero attached hydrogens (tertiary/aromatic N) is 4. The zero-order chi connectivity index (χ0) is 19.5. The average Bonchev–Trinajstić information content (AvgIpc) is 3.02. The van der Waals surface area contributed by atoms with Gasteiger partial charge in [-0.1, -0.05) is 35.2 Å². The van der Waals surface area contributed by atoms with Crippen molar-refractivity contribution in [1.82, 2.24) is 14.5 Å². The van der Waals surface area contributed by atoms with Crippen LogP contribution >= 0.6 is 23.1 Å². The lowest BCUT2D eigenvalue weighted by atomic mass is 10.1. The number of rotatable bonds is 7. The lowest BCUT2D eigenvalue weighted by molar-refractivity contribution is -0.114. The fraction of sp³-hybridized carbons (Fsp3) is 0.400. The second-order valence-electron chi connectivity index (χ2n) is 5.71. The number of hydrogen-bond acceptors (Lipinski definition) is 7. The molecule has 0 saturated carbocycles. The first kappa shape index (κ1) is 20.6. The summed E-state index contributed by atoms with van der Waals surface area (Å²) in [5.74, 6) is -0.486. The summed E-state index contributed by atoms with van der Waals surface area (Å²) in [5, 5.41) is 10.7. The van der Waals surface area contributed by atoms with Gasteiger partial charge in [-0.25, -0.2) is 4.31 Å². The summed E-state index contributed by atoms with van der Waals surface area (Å²) in [5.41, 5.74) is 2.13. The van der Waals surface area contributed by atoms with Gasteiger partial charge in [0.15, 0.2) is 4.34 Å². The van der Waals surface area contributed by atoms with E-state index in [1.807, 2.05) is 25.3 Å². The molecule has 0 saturated heterocycles. The first-order valence-corrected chi connectivity index (χ1v) is 11.0. The summed E-state index contributed by atoms with van der Waals surface area (Å²) in [6.45, 7) is 3.31. The van der Waals surface area contributed by atoms with E-state index in [0.717, 1.165) is 19.7 Å². The molecule has 0 unspecified atom stereocenters. The molecule has 1 aromatic heterocycles. The molecule has 142 valence electrons. The van der Waals surface area contributed by atoms with Crippen molar-refractivity contribution < 1.29 is 13.2 Å². The van der Waals surface area contributed by atoms with Gasteiger partial charge in [-0.15, -0.1) is 10.2 Å². The maximum absolute atomic E-state index is 12.8. The van der Waals surface area contributed by atoms with Gasteiger partial charge in [0.25, 0.3) is 0 Å². The van der Waals surface area contributed by atoms with Gasteiger partial charge in [0.1, 0.15) is 6.54 Å². The molecule has 1 N–H and O–H groups in total. The average molecular weight is 416 g/mol. The Labute approximate surface area is 161 Å². The van der Waals surface area contributed by atoms with Crippen LogP contribution in [0.25, 0.3) is 0 Å². The van der Waals surface area contributed by atoms with Gasteiger partial charge in [-0.2, -0.15) is 12.7 Å². The largest absolute Gasteiger partial charge is 0.304 e. The monoisotopic (exact) mass is 415 g/mol. The first-order valence-electron chi connectivity index (χ1n) is 7.60. The normalized spacial score (nSPS) is 11.6. The number of amides is 1. The molecule has 1 heterocycles. The smallest absolute Gasteiger partial charge is 0.299 e. The van der Waals surface area contributed by atoms with Crippen molar-refractivity contribution in [1.29, 1.82) is 0 Å². The van der Waals surface area contributed by atoms with E-state index in [1.54, 1.807) is 13.0 Å². The summed E-state index contributed by atoms with van der Waals surface area (Å²) < 4.78 is 28.4. The third-order valence-electron chi connectivity index (χ3n) is 3.49. The lowest BCUT2D eigenvalue weighted by Gasteiger charge is -2.28. The molecule has 0 aliphatic heterocycles. The molecule has 0 spiro atoms. The number of nitrogens with one attached hydrogen (secondary N) is 1. The van der Waals surface area contributed by atoms with Crippen molar-refractivity contribution in [3.05, 3.63) is 29.3 Å². The highest BCUT2D eigenvalue weighted by Crippen LogP contribution is 2.26. The molecule has 0 aliphatic rings. The van der Waals surface area contributed by atoms with E-state index in [0.29, 0.717) is 15.2 Å². The third kappa shape index (κ3) is 4.72. The van der Waals surface area contributed by atoms with Crippen LogP contribution in [-0.4, -0.2) is 55.7 Å². The second-order valence-corrected chi connectivity index (χ2v) is 9.81. The van der Waals surface area contributed by atoms with E-state index in [9.17, 15) is 13.2 Å². The van der Waals surface area contributed by atoms with Gasteiger partial charge in [0.05, 0.1) is 5.69 Å². The Balaban J connectivity index is 2.32. The fourth-order valence-electron chi connectivity index (χ4n) is 2.11. The zero-order valence-corrected chi connectivity index (χ0v) is 17.6. The minimum Gasteiger partial charge on any atom is -0.299 e. The Morgan fingerprint density at radius 3 is 2.54 bits per heavy atom. The topological polar surface area (TPSA) is 95.5 Å². The van der Waals surface area contributed by atoms with Crippen molar-refractivity contribution in [3.63, 3.8) is 0 Å². The van der Waals surface area contributed by atoms with Crippen LogP contribution in [0.2, 0.25) is 0 Å². The number of carbonyl (C=O) groups is 1. The van der Waals surface area contributed by atoms with Crippen molar-refractivity contribution in [3.8, 4) is 0 Å². The minimum atomic E-state index is -3.85. The second kappa shape index (κ2) is 8.33. The van der Waals surface area contributed by atoms with E-state index in [4.69, 9.17) is 0 Å². The predicted molar refractivity (Wildman–Crippen MR) is 106 cm³/mol. The number of thioether (sulfide) groups is 1. The molecule has 26 heavy (non-hydrogen) atoms. The standard InChI is InChI=1S/C15H21N5O3S3/c1-10-6-7-11(2)12(8-10)20(26(22,23)19(3)4)9-13(21)16-14-17-18-15(24-5)25-14/h6-8H,9H2,1-5H3,(H,16,17,21). The molecule has 1 amide bonds. The number of aromatic nitrogens is 2. The van der Waals surface area contributed by atoms with Crippen LogP contribution in [0.4, 0.5) is 10.8 Å². The molecule has 0 atom stereocenters. The fourth-order valence-corrected chi connectivity index (χ4v) is 4.41. The molecule has 0 fully saturated rings. The molecular weight excluding hydrogens is 394 g/mol. The maximum atomic E-state index is 12.8. The van der Waals surface area contributed by atoms with Crippen LogP contribution in [-0.2, 0) is 15.0 Å². The lowest BCUT2D eigenvalue weighted by Crippen LogP contribution is -2.44. The van der Waals surface area contributed by atoms with Crippen LogP contribution in [0.1, 0.15) is 11.1 Å². The van der Waals surface area contributed by atoms with Crippen molar-refractivity contribution >= 4 is 50.0 Å². The zero-order valence-electron chi connectivity index (χ0n) is 15.2. The highest BCUT2D eigenvalue weighted by molar-refractivity contribution is 8.00. The van der Waals surface area contributed by atoms with Gasteiger partial charge >= 0.3 is 10.2 Å². The van der Waals surface area contributed by atoms with Crippen molar-refractivity contribution in [2.45, 2.75) is 18.2 Å². The van der Waals surface area contributed by atoms with Crippen molar-refractivity contribution in [2.24, 2.45) is 0 Å². The Kier molecular flexibility index (Phi) is 6.61. The van der Waals surface area contributed by atoms with Crippen molar-refractivity contribution in [2.75, 3.05) is 36.5 Å². The SMILES string of the molecule is CSc1nnc(NC(=O)CN(c2cc(C)ccc2C)S(=O)(=O)N(C)C)s1. The van der Waals surface area contributed by atoms with Crippen LogP contribution < -0.4 is 9.62 Å². The number of hydrogen-bond donors (Lipinski definition) is 1.